The maximum absolute atomic E-state index is 11.4. The second-order valence-electron chi connectivity index (χ2n) is 3.08. The van der Waals surface area contributed by atoms with E-state index in [2.05, 4.69) is 20.2 Å². The molecule has 90 valence electrons. The first-order chi connectivity index (χ1) is 8.19. The van der Waals surface area contributed by atoms with Crippen molar-refractivity contribution in [3.05, 3.63) is 24.5 Å². The Morgan fingerprint density at radius 1 is 1.53 bits per heavy atom. The minimum Gasteiger partial charge on any atom is -0.464 e. The molecular formula is C11H13N3O3. The molecule has 0 saturated carbocycles. The molecule has 0 aliphatic heterocycles. The number of hydrogen-bond donors (Lipinski definition) is 1. The molecule has 0 aromatic carbocycles. The van der Waals surface area contributed by atoms with Gasteiger partial charge >= 0.3 is 5.97 Å². The van der Waals surface area contributed by atoms with Crippen LogP contribution in [0.2, 0.25) is 0 Å². The topological polar surface area (TPSA) is 80.7 Å². The van der Waals surface area contributed by atoms with Gasteiger partial charge in [-0.1, -0.05) is 6.92 Å². The molecule has 0 bridgehead atoms. The minimum atomic E-state index is -0.756. The van der Waals surface area contributed by atoms with Crippen molar-refractivity contribution in [2.45, 2.75) is 13.3 Å². The van der Waals surface area contributed by atoms with Gasteiger partial charge in [-0.15, -0.1) is 0 Å². The smallest absolute Gasteiger partial charge is 0.362 e. The largest absolute Gasteiger partial charge is 0.464 e. The highest BCUT2D eigenvalue weighted by atomic mass is 16.5. The van der Waals surface area contributed by atoms with E-state index in [9.17, 15) is 9.59 Å². The lowest BCUT2D eigenvalue weighted by Crippen LogP contribution is -2.26. The molecule has 0 atom stereocenters. The Labute approximate surface area is 98.7 Å². The Balaban J connectivity index is 2.84. The molecule has 0 amide bonds. The van der Waals surface area contributed by atoms with Gasteiger partial charge in [0.1, 0.15) is 0 Å². The molecule has 1 rings (SSSR count). The van der Waals surface area contributed by atoms with Crippen molar-refractivity contribution < 1.29 is 14.3 Å². The molecule has 0 saturated heterocycles. The van der Waals surface area contributed by atoms with Crippen molar-refractivity contribution in [1.29, 1.82) is 0 Å². The molecular weight excluding hydrogens is 222 g/mol. The van der Waals surface area contributed by atoms with E-state index in [0.29, 0.717) is 5.69 Å². The summed E-state index contributed by atoms with van der Waals surface area (Å²) in [7, 11) is 1.20. The van der Waals surface area contributed by atoms with Gasteiger partial charge in [0.25, 0.3) is 0 Å². The molecule has 17 heavy (non-hydrogen) atoms. The van der Waals surface area contributed by atoms with E-state index in [1.54, 1.807) is 25.3 Å². The van der Waals surface area contributed by atoms with Crippen LogP contribution < -0.4 is 5.43 Å². The zero-order valence-corrected chi connectivity index (χ0v) is 9.64. The summed E-state index contributed by atoms with van der Waals surface area (Å²) in [5.74, 6) is -1.14. The fraction of sp³-hybridized carbons (Fsp3) is 0.273. The van der Waals surface area contributed by atoms with Crippen LogP contribution in [0.5, 0.6) is 0 Å². The van der Waals surface area contributed by atoms with Crippen LogP contribution in [0.15, 0.2) is 29.6 Å². The number of methoxy groups -OCH3 is 1. The zero-order valence-electron chi connectivity index (χ0n) is 9.64. The van der Waals surface area contributed by atoms with Crippen LogP contribution in [-0.4, -0.2) is 29.6 Å². The lowest BCUT2D eigenvalue weighted by atomic mass is 10.2. The predicted molar refractivity (Wildman–Crippen MR) is 62.6 cm³/mol. The first-order valence-electron chi connectivity index (χ1n) is 5.04. The summed E-state index contributed by atoms with van der Waals surface area (Å²) in [5.41, 5.74) is 2.91. The summed E-state index contributed by atoms with van der Waals surface area (Å²) >= 11 is 0. The molecule has 1 aromatic heterocycles. The van der Waals surface area contributed by atoms with E-state index >= 15 is 0 Å². The lowest BCUT2D eigenvalue weighted by molar-refractivity contribution is -0.133. The van der Waals surface area contributed by atoms with Crippen molar-refractivity contribution in [3.8, 4) is 0 Å². The molecule has 6 nitrogen and oxygen atoms in total. The molecule has 1 N–H and O–H groups in total. The Morgan fingerprint density at radius 3 is 2.82 bits per heavy atom. The van der Waals surface area contributed by atoms with Crippen molar-refractivity contribution in [2.75, 3.05) is 12.5 Å². The monoisotopic (exact) mass is 235 g/mol. The highest BCUT2D eigenvalue weighted by Crippen LogP contribution is 2.03. The number of aromatic nitrogens is 1. The number of hydrazone groups is 1. The average molecular weight is 235 g/mol. The second-order valence-corrected chi connectivity index (χ2v) is 3.08. The Kier molecular flexibility index (Phi) is 4.80. The number of esters is 1. The fourth-order valence-electron chi connectivity index (χ4n) is 1.04. The number of anilines is 1. The van der Waals surface area contributed by atoms with E-state index in [0.717, 1.165) is 0 Å². The third-order valence-electron chi connectivity index (χ3n) is 1.92. The van der Waals surface area contributed by atoms with Crippen molar-refractivity contribution in [3.63, 3.8) is 0 Å². The molecule has 1 heterocycles. The van der Waals surface area contributed by atoms with E-state index in [-0.39, 0.29) is 17.9 Å². The quantitative estimate of drug-likeness (QED) is 0.356. The Morgan fingerprint density at radius 2 is 2.29 bits per heavy atom. The summed E-state index contributed by atoms with van der Waals surface area (Å²) in [4.78, 5) is 26.6. The maximum atomic E-state index is 11.4. The SMILES string of the molecule is CCC(=O)/C(=N\Nc1cccnc1)C(=O)OC. The summed E-state index contributed by atoms with van der Waals surface area (Å²) in [6.07, 6.45) is 3.31. The van der Waals surface area contributed by atoms with Crippen LogP contribution in [0.4, 0.5) is 5.69 Å². The third kappa shape index (κ3) is 3.67. The first-order valence-corrected chi connectivity index (χ1v) is 5.04. The summed E-state index contributed by atoms with van der Waals surface area (Å²) in [5, 5.41) is 3.74. The van der Waals surface area contributed by atoms with Crippen LogP contribution in [0.1, 0.15) is 13.3 Å². The maximum Gasteiger partial charge on any atom is 0.362 e. The number of rotatable bonds is 5. The highest BCUT2D eigenvalue weighted by Gasteiger charge is 2.19. The van der Waals surface area contributed by atoms with Gasteiger partial charge in [0.05, 0.1) is 19.0 Å². The van der Waals surface area contributed by atoms with Crippen molar-refractivity contribution in [1.82, 2.24) is 4.98 Å². The summed E-state index contributed by atoms with van der Waals surface area (Å²) < 4.78 is 4.48. The highest BCUT2D eigenvalue weighted by molar-refractivity contribution is 6.64. The van der Waals surface area contributed by atoms with Gasteiger partial charge in [-0.05, 0) is 12.1 Å². The summed E-state index contributed by atoms with van der Waals surface area (Å²) in [6.45, 7) is 1.64. The molecule has 0 unspecified atom stereocenters. The van der Waals surface area contributed by atoms with Crippen LogP contribution in [0.3, 0.4) is 0 Å². The first kappa shape index (κ1) is 12.8. The Bertz CT molecular complexity index is 411. The molecule has 0 spiro atoms. The Hall–Kier alpha value is -2.24. The fourth-order valence-corrected chi connectivity index (χ4v) is 1.04. The van der Waals surface area contributed by atoms with Gasteiger partial charge in [0.2, 0.25) is 5.71 Å². The molecule has 6 heteroatoms. The van der Waals surface area contributed by atoms with Gasteiger partial charge < -0.3 is 4.74 Å². The van der Waals surface area contributed by atoms with Crippen LogP contribution >= 0.6 is 0 Å². The molecule has 0 radical (unpaired) electrons. The van der Waals surface area contributed by atoms with Gasteiger partial charge in [-0.25, -0.2) is 4.79 Å². The van der Waals surface area contributed by atoms with E-state index in [1.165, 1.54) is 13.3 Å². The standard InChI is InChI=1S/C11H13N3O3/c1-3-9(15)10(11(16)17-2)14-13-8-5-4-6-12-7-8/h4-7,13H,3H2,1-2H3/b14-10+. The number of ketones is 1. The van der Waals surface area contributed by atoms with E-state index in [1.807, 2.05) is 0 Å². The normalized spacial score (nSPS) is 10.8. The number of nitrogens with zero attached hydrogens (tertiary/aromatic N) is 2. The molecule has 0 fully saturated rings. The van der Waals surface area contributed by atoms with E-state index < -0.39 is 5.97 Å². The number of hydrogen-bond acceptors (Lipinski definition) is 6. The number of nitrogens with one attached hydrogen (secondary N) is 1. The predicted octanol–water partition coefficient (Wildman–Crippen LogP) is 1.00. The van der Waals surface area contributed by atoms with Gasteiger partial charge in [-0.2, -0.15) is 5.10 Å². The van der Waals surface area contributed by atoms with Gasteiger partial charge in [0, 0.05) is 12.6 Å². The van der Waals surface area contributed by atoms with Gasteiger partial charge in [0.15, 0.2) is 5.78 Å². The third-order valence-corrected chi connectivity index (χ3v) is 1.92. The average Bonchev–Trinajstić information content (AvgIpc) is 2.39. The molecule has 0 aliphatic rings. The van der Waals surface area contributed by atoms with Crippen LogP contribution in [0.25, 0.3) is 0 Å². The minimum absolute atomic E-state index is 0.183. The van der Waals surface area contributed by atoms with Crippen molar-refractivity contribution >= 4 is 23.2 Å². The number of ether oxygens (including phenoxy) is 1. The van der Waals surface area contributed by atoms with Gasteiger partial charge in [-0.3, -0.25) is 15.2 Å². The lowest BCUT2D eigenvalue weighted by Gasteiger charge is -2.03. The number of carbonyl (C=O) groups is 2. The van der Waals surface area contributed by atoms with Crippen molar-refractivity contribution in [2.24, 2.45) is 5.10 Å². The number of Topliss-reactive ketones (excluding diaryl/α,β-unsaturated/α-hetero) is 1. The molecule has 1 aromatic rings. The second kappa shape index (κ2) is 6.37. The molecule has 0 aliphatic carbocycles. The summed E-state index contributed by atoms with van der Waals surface area (Å²) in [6, 6.07) is 3.42. The van der Waals surface area contributed by atoms with Crippen LogP contribution in [0, 0.1) is 0 Å². The zero-order chi connectivity index (χ0) is 12.7. The van der Waals surface area contributed by atoms with E-state index in [4.69, 9.17) is 0 Å². The van der Waals surface area contributed by atoms with Crippen LogP contribution in [-0.2, 0) is 14.3 Å². The number of pyridine rings is 1. The number of carbonyl (C=O) groups excluding carboxylic acids is 2.